The molecule has 1 saturated carbocycles. The number of anilines is 1. The largest absolute Gasteiger partial charge is 0.449 e. The van der Waals surface area contributed by atoms with Gasteiger partial charge in [0.1, 0.15) is 6.07 Å². The Morgan fingerprint density at radius 3 is 2.26 bits per heavy atom. The quantitative estimate of drug-likeness (QED) is 0.341. The maximum Gasteiger partial charge on any atom is 0.449 e. The second-order valence-electron chi connectivity index (χ2n) is 12.3. The Balaban J connectivity index is 0.000000644. The zero-order valence-corrected chi connectivity index (χ0v) is 27.4. The monoisotopic (exact) mass is 656 g/mol. The third kappa shape index (κ3) is 9.93. The summed E-state index contributed by atoms with van der Waals surface area (Å²) in [4.78, 5) is 43.5. The first kappa shape index (κ1) is 35.7. The number of fused-ring (bicyclic) bond motifs is 1. The Morgan fingerprint density at radius 2 is 1.68 bits per heavy atom. The van der Waals surface area contributed by atoms with Crippen molar-refractivity contribution in [2.24, 2.45) is 0 Å². The number of likely N-dealkylation sites (N-methyl/N-ethyl adjacent to an activating group) is 2. The predicted molar refractivity (Wildman–Crippen MR) is 171 cm³/mol. The minimum atomic E-state index is -4.64. The van der Waals surface area contributed by atoms with Crippen molar-refractivity contribution in [2.75, 3.05) is 58.9 Å². The van der Waals surface area contributed by atoms with Gasteiger partial charge in [-0.2, -0.15) is 28.4 Å². The molecular weight excluding hydrogens is 613 g/mol. The van der Waals surface area contributed by atoms with Crippen molar-refractivity contribution in [1.82, 2.24) is 39.6 Å². The highest BCUT2D eigenvalue weighted by atomic mass is 19.4. The number of carbonyl (C=O) groups excluding carboxylic acids is 2. The second kappa shape index (κ2) is 16.1. The van der Waals surface area contributed by atoms with Crippen LogP contribution < -0.4 is 10.4 Å². The molecular formula is C32H43F3N10O2. The highest BCUT2D eigenvalue weighted by Gasteiger charge is 2.33. The van der Waals surface area contributed by atoms with Crippen molar-refractivity contribution in [2.45, 2.75) is 64.3 Å². The molecule has 254 valence electrons. The molecule has 1 amide bonds. The van der Waals surface area contributed by atoms with Crippen LogP contribution in [-0.4, -0.2) is 112 Å². The maximum absolute atomic E-state index is 13.6. The van der Waals surface area contributed by atoms with Crippen molar-refractivity contribution in [3.8, 4) is 6.07 Å². The summed E-state index contributed by atoms with van der Waals surface area (Å²) in [6.07, 6.45) is 2.30. The first-order valence-electron chi connectivity index (χ1n) is 15.8. The maximum atomic E-state index is 13.6. The zero-order chi connectivity index (χ0) is 34.1. The number of benzene rings is 1. The van der Waals surface area contributed by atoms with Crippen LogP contribution >= 0.6 is 0 Å². The van der Waals surface area contributed by atoms with Gasteiger partial charge in [0.15, 0.2) is 17.0 Å². The van der Waals surface area contributed by atoms with Crippen LogP contribution in [0.3, 0.4) is 0 Å². The van der Waals surface area contributed by atoms with E-state index < -0.39 is 12.0 Å². The van der Waals surface area contributed by atoms with Gasteiger partial charge in [-0.05, 0) is 51.7 Å². The molecule has 3 heterocycles. The standard InChI is InChI=1S/C29H40N10O.C3H3F3O/c1-35(2)13-18-38-21-31-26-27(38)32-25(19-30)33-28(26)39(24-7-5-4-6-8-24)34-29(40)23-11-9-22(10-12-23)20-37-16-14-36(3)15-17-37;1-2(7)3(4,5)6/h9-12,21,24H,4-8,13-18,20H2,1-3H3,(H,34,40);1H3. The van der Waals surface area contributed by atoms with Crippen LogP contribution in [0.1, 0.15) is 60.8 Å². The number of Topliss-reactive ketones (excluding diaryl/α,β-unsaturated/α-hetero) is 1. The van der Waals surface area contributed by atoms with Crippen LogP contribution in [0, 0.1) is 11.3 Å². The van der Waals surface area contributed by atoms with Crippen molar-refractivity contribution < 1.29 is 22.8 Å². The topological polar surface area (TPSA) is 127 Å². The number of alkyl halides is 3. The van der Waals surface area contributed by atoms with Crippen molar-refractivity contribution in [1.29, 1.82) is 5.26 Å². The van der Waals surface area contributed by atoms with E-state index in [0.717, 1.165) is 65.0 Å². The van der Waals surface area contributed by atoms with E-state index in [0.29, 0.717) is 36.0 Å². The molecule has 5 rings (SSSR count). The molecule has 1 aromatic carbocycles. The van der Waals surface area contributed by atoms with Crippen molar-refractivity contribution in [3.05, 3.63) is 47.5 Å². The molecule has 0 spiro atoms. The molecule has 2 aliphatic rings. The molecule has 0 bridgehead atoms. The molecule has 3 aromatic rings. The molecule has 47 heavy (non-hydrogen) atoms. The molecule has 0 atom stereocenters. The summed E-state index contributed by atoms with van der Waals surface area (Å²) < 4.78 is 34.4. The fraction of sp³-hybridized carbons (Fsp3) is 0.562. The molecule has 0 radical (unpaired) electrons. The third-order valence-electron chi connectivity index (χ3n) is 8.34. The molecule has 2 aromatic heterocycles. The summed E-state index contributed by atoms with van der Waals surface area (Å²) in [5.41, 5.74) is 6.13. The first-order chi connectivity index (χ1) is 22.3. The number of nitriles is 1. The lowest BCUT2D eigenvalue weighted by molar-refractivity contribution is -0.168. The Morgan fingerprint density at radius 1 is 1.04 bits per heavy atom. The molecule has 12 nitrogen and oxygen atoms in total. The van der Waals surface area contributed by atoms with Gasteiger partial charge < -0.3 is 14.4 Å². The first-order valence-corrected chi connectivity index (χ1v) is 15.8. The SMILES string of the molecule is CC(=O)C(F)(F)F.CN(C)CCn1cnc2c(N(NC(=O)c3ccc(CN4CCN(C)CC4)cc3)C3CCCCC3)nc(C#N)nc21. The van der Waals surface area contributed by atoms with Gasteiger partial charge in [0.2, 0.25) is 11.6 Å². The summed E-state index contributed by atoms with van der Waals surface area (Å²) >= 11 is 0. The highest BCUT2D eigenvalue weighted by molar-refractivity contribution is 5.96. The molecule has 1 N–H and O–H groups in total. The van der Waals surface area contributed by atoms with Gasteiger partial charge in [-0.3, -0.25) is 24.9 Å². The molecule has 1 saturated heterocycles. The number of aromatic nitrogens is 4. The van der Waals surface area contributed by atoms with E-state index in [2.05, 4.69) is 48.2 Å². The number of amides is 1. The van der Waals surface area contributed by atoms with E-state index in [1.54, 1.807) is 6.33 Å². The Labute approximate surface area is 273 Å². The average molecular weight is 657 g/mol. The minimum absolute atomic E-state index is 0.0609. The van der Waals surface area contributed by atoms with Gasteiger partial charge in [-0.25, -0.2) is 4.98 Å². The van der Waals surface area contributed by atoms with Gasteiger partial charge in [0.05, 0.1) is 12.4 Å². The van der Waals surface area contributed by atoms with Crippen LogP contribution in [-0.2, 0) is 17.9 Å². The Hall–Kier alpha value is -4.13. The number of halogens is 3. The van der Waals surface area contributed by atoms with E-state index >= 15 is 0 Å². The Bertz CT molecular complexity index is 1540. The number of carbonyl (C=O) groups is 2. The number of ketones is 1. The fourth-order valence-corrected chi connectivity index (χ4v) is 5.47. The summed E-state index contributed by atoms with van der Waals surface area (Å²) in [7, 11) is 6.19. The number of piperazine rings is 1. The van der Waals surface area contributed by atoms with E-state index in [1.807, 2.05) is 47.9 Å². The zero-order valence-electron chi connectivity index (χ0n) is 27.4. The van der Waals surface area contributed by atoms with E-state index in [-0.39, 0.29) is 17.8 Å². The Kier molecular flexibility index (Phi) is 12.3. The van der Waals surface area contributed by atoms with Crippen LogP contribution in [0.2, 0.25) is 0 Å². The van der Waals surface area contributed by atoms with Crippen LogP contribution in [0.15, 0.2) is 30.6 Å². The lowest BCUT2D eigenvalue weighted by atomic mass is 9.95. The van der Waals surface area contributed by atoms with Crippen LogP contribution in [0.25, 0.3) is 11.2 Å². The van der Waals surface area contributed by atoms with Gasteiger partial charge in [0, 0.05) is 58.3 Å². The van der Waals surface area contributed by atoms with Crippen molar-refractivity contribution >= 4 is 28.7 Å². The minimum Gasteiger partial charge on any atom is -0.314 e. The lowest BCUT2D eigenvalue weighted by Crippen LogP contribution is -2.50. The molecule has 1 aliphatic heterocycles. The van der Waals surface area contributed by atoms with Crippen LogP contribution in [0.5, 0.6) is 0 Å². The normalized spacial score (nSPS) is 16.4. The third-order valence-corrected chi connectivity index (χ3v) is 8.34. The average Bonchev–Trinajstić information content (AvgIpc) is 3.46. The van der Waals surface area contributed by atoms with E-state index in [1.165, 1.54) is 12.0 Å². The number of hydrazine groups is 1. The predicted octanol–water partition coefficient (Wildman–Crippen LogP) is 3.63. The second-order valence-corrected chi connectivity index (χ2v) is 12.3. The number of hydrogen-bond acceptors (Lipinski definition) is 10. The van der Waals surface area contributed by atoms with Gasteiger partial charge in [0.25, 0.3) is 5.91 Å². The summed E-state index contributed by atoms with van der Waals surface area (Å²) in [6.45, 7) is 7.12. The number of nitrogens with zero attached hydrogens (tertiary/aromatic N) is 9. The van der Waals surface area contributed by atoms with Gasteiger partial charge in [-0.1, -0.05) is 31.4 Å². The number of rotatable bonds is 9. The number of hydrogen-bond donors (Lipinski definition) is 1. The molecule has 0 unspecified atom stereocenters. The van der Waals surface area contributed by atoms with E-state index in [4.69, 9.17) is 0 Å². The fourth-order valence-electron chi connectivity index (χ4n) is 5.47. The smallest absolute Gasteiger partial charge is 0.314 e. The summed E-state index contributed by atoms with van der Waals surface area (Å²) in [5.74, 6) is -1.41. The van der Waals surface area contributed by atoms with E-state index in [9.17, 15) is 28.0 Å². The summed E-state index contributed by atoms with van der Waals surface area (Å²) in [5, 5.41) is 11.6. The molecule has 2 fully saturated rings. The molecule has 1 aliphatic carbocycles. The lowest BCUT2D eigenvalue weighted by Gasteiger charge is -2.35. The summed E-state index contributed by atoms with van der Waals surface area (Å²) in [6, 6.07) is 10.0. The highest BCUT2D eigenvalue weighted by Crippen LogP contribution is 2.29. The van der Waals surface area contributed by atoms with Crippen LogP contribution in [0.4, 0.5) is 19.0 Å². The van der Waals surface area contributed by atoms with Gasteiger partial charge in [-0.15, -0.1) is 0 Å². The van der Waals surface area contributed by atoms with Crippen molar-refractivity contribution in [3.63, 3.8) is 0 Å². The number of imidazole rings is 1. The molecule has 15 heteroatoms. The van der Waals surface area contributed by atoms with Gasteiger partial charge >= 0.3 is 6.18 Å². The number of nitrogens with one attached hydrogen (secondary N) is 1.